The van der Waals surface area contributed by atoms with Crippen molar-refractivity contribution < 1.29 is 14.3 Å². The Morgan fingerprint density at radius 2 is 1.92 bits per heavy atom. The van der Waals surface area contributed by atoms with E-state index in [0.717, 1.165) is 11.1 Å². The maximum Gasteiger partial charge on any atom is 0.355 e. The van der Waals surface area contributed by atoms with E-state index in [-0.39, 0.29) is 12.3 Å². The molecule has 3 rings (SSSR count). The minimum Gasteiger partial charge on any atom is -0.461 e. The first-order valence-corrected chi connectivity index (χ1v) is 8.49. The highest BCUT2D eigenvalue weighted by Crippen LogP contribution is 2.28. The van der Waals surface area contributed by atoms with Crippen molar-refractivity contribution in [2.24, 2.45) is 0 Å². The molecule has 0 aliphatic rings. The van der Waals surface area contributed by atoms with Gasteiger partial charge in [-0.1, -0.05) is 47.5 Å². The quantitative estimate of drug-likeness (QED) is 0.466. The summed E-state index contributed by atoms with van der Waals surface area (Å²) >= 11 is 12.1. The highest BCUT2D eigenvalue weighted by Gasteiger charge is 2.23. The van der Waals surface area contributed by atoms with Crippen molar-refractivity contribution in [1.29, 1.82) is 0 Å². The number of rotatable bonds is 5. The molecule has 0 saturated carbocycles. The molecule has 0 amide bonds. The molecule has 0 saturated heterocycles. The van der Waals surface area contributed by atoms with Crippen molar-refractivity contribution in [3.05, 3.63) is 69.3 Å². The van der Waals surface area contributed by atoms with Gasteiger partial charge in [0.1, 0.15) is 5.69 Å². The summed E-state index contributed by atoms with van der Waals surface area (Å²) < 4.78 is 6.93. The molecule has 2 aromatic carbocycles. The zero-order valence-electron chi connectivity index (χ0n) is 13.5. The number of nitrogens with zero attached hydrogens (tertiary/aromatic N) is 1. The number of aldehydes is 1. The Morgan fingerprint density at radius 3 is 2.60 bits per heavy atom. The fourth-order valence-corrected chi connectivity index (χ4v) is 3.17. The third kappa shape index (κ3) is 3.28. The lowest BCUT2D eigenvalue weighted by Crippen LogP contribution is -2.14. The van der Waals surface area contributed by atoms with Crippen LogP contribution in [0.3, 0.4) is 0 Å². The molecule has 0 aliphatic carbocycles. The molecule has 0 fully saturated rings. The van der Waals surface area contributed by atoms with Gasteiger partial charge in [0.25, 0.3) is 0 Å². The number of halogens is 2. The number of fused-ring (bicyclic) bond motifs is 1. The molecule has 1 aromatic heterocycles. The van der Waals surface area contributed by atoms with E-state index in [2.05, 4.69) is 0 Å². The number of carbonyl (C=O) groups is 2. The number of ether oxygens (including phenoxy) is 1. The summed E-state index contributed by atoms with van der Waals surface area (Å²) in [4.78, 5) is 24.1. The van der Waals surface area contributed by atoms with Gasteiger partial charge < -0.3 is 9.30 Å². The molecule has 0 atom stereocenters. The van der Waals surface area contributed by atoms with E-state index in [1.165, 1.54) is 0 Å². The van der Waals surface area contributed by atoms with Crippen LogP contribution in [0.25, 0.3) is 10.9 Å². The van der Waals surface area contributed by atoms with Gasteiger partial charge in [-0.2, -0.15) is 0 Å². The average molecular weight is 376 g/mol. The normalized spacial score (nSPS) is 10.8. The fourth-order valence-electron chi connectivity index (χ4n) is 2.85. The van der Waals surface area contributed by atoms with Crippen LogP contribution >= 0.6 is 23.2 Å². The number of carbonyl (C=O) groups excluding carboxylic acids is 2. The Hall–Kier alpha value is -2.30. The van der Waals surface area contributed by atoms with Gasteiger partial charge in [0.2, 0.25) is 0 Å². The molecule has 0 bridgehead atoms. The Balaban J connectivity index is 2.20. The van der Waals surface area contributed by atoms with E-state index >= 15 is 0 Å². The molecule has 0 spiro atoms. The minimum absolute atomic E-state index is 0.228. The van der Waals surface area contributed by atoms with Gasteiger partial charge >= 0.3 is 5.97 Å². The van der Waals surface area contributed by atoms with E-state index in [1.54, 1.807) is 23.6 Å². The number of para-hydroxylation sites is 1. The van der Waals surface area contributed by atoms with Crippen molar-refractivity contribution in [2.45, 2.75) is 13.5 Å². The van der Waals surface area contributed by atoms with Gasteiger partial charge in [0.05, 0.1) is 22.2 Å². The summed E-state index contributed by atoms with van der Waals surface area (Å²) in [5.74, 6) is -0.527. The topological polar surface area (TPSA) is 48.3 Å². The second-order valence-corrected chi connectivity index (χ2v) is 6.27. The smallest absolute Gasteiger partial charge is 0.355 e. The van der Waals surface area contributed by atoms with E-state index in [9.17, 15) is 9.59 Å². The molecule has 3 aromatic rings. The van der Waals surface area contributed by atoms with Crippen LogP contribution in [0.4, 0.5) is 0 Å². The lowest BCUT2D eigenvalue weighted by atomic mass is 10.1. The van der Waals surface area contributed by atoms with Crippen LogP contribution in [-0.4, -0.2) is 23.4 Å². The molecule has 25 heavy (non-hydrogen) atoms. The maximum atomic E-state index is 12.5. The lowest BCUT2D eigenvalue weighted by molar-refractivity contribution is 0.0513. The number of hydrogen-bond acceptors (Lipinski definition) is 3. The van der Waals surface area contributed by atoms with Crippen LogP contribution in [0.2, 0.25) is 10.0 Å². The first kappa shape index (κ1) is 17.5. The van der Waals surface area contributed by atoms with Crippen molar-refractivity contribution in [2.75, 3.05) is 6.61 Å². The molecular formula is C19H15Cl2NO3. The van der Waals surface area contributed by atoms with Gasteiger partial charge in [0, 0.05) is 17.4 Å². The molecule has 6 heteroatoms. The molecule has 1 heterocycles. The van der Waals surface area contributed by atoms with Gasteiger partial charge in [-0.3, -0.25) is 4.79 Å². The first-order valence-electron chi connectivity index (χ1n) is 7.74. The van der Waals surface area contributed by atoms with E-state index < -0.39 is 5.97 Å². The van der Waals surface area contributed by atoms with E-state index in [4.69, 9.17) is 27.9 Å². The zero-order chi connectivity index (χ0) is 18.0. The molecule has 0 radical (unpaired) electrons. The van der Waals surface area contributed by atoms with E-state index in [0.29, 0.717) is 33.8 Å². The minimum atomic E-state index is -0.527. The largest absolute Gasteiger partial charge is 0.461 e. The number of aromatic nitrogens is 1. The maximum absolute atomic E-state index is 12.5. The van der Waals surface area contributed by atoms with Crippen molar-refractivity contribution in [3.8, 4) is 0 Å². The number of benzene rings is 2. The van der Waals surface area contributed by atoms with Gasteiger partial charge in [0.15, 0.2) is 6.29 Å². The first-order chi connectivity index (χ1) is 12.1. The van der Waals surface area contributed by atoms with Gasteiger partial charge in [-0.25, -0.2) is 4.79 Å². The summed E-state index contributed by atoms with van der Waals surface area (Å²) in [6.07, 6.45) is 0.694. The second kappa shape index (κ2) is 7.30. The second-order valence-electron chi connectivity index (χ2n) is 5.45. The SMILES string of the molecule is CCOC(=O)c1c(C=O)c2ccccc2n1Cc1ccc(Cl)c(Cl)c1. The fraction of sp³-hybridized carbons (Fsp3) is 0.158. The predicted octanol–water partition coefficient (Wildman–Crippen LogP) is 4.99. The van der Waals surface area contributed by atoms with Crippen LogP contribution in [-0.2, 0) is 11.3 Å². The highest BCUT2D eigenvalue weighted by atomic mass is 35.5. The van der Waals surface area contributed by atoms with Crippen LogP contribution in [0.1, 0.15) is 33.3 Å². The average Bonchev–Trinajstić information content (AvgIpc) is 2.92. The van der Waals surface area contributed by atoms with Crippen LogP contribution in [0.5, 0.6) is 0 Å². The summed E-state index contributed by atoms with van der Waals surface area (Å²) in [7, 11) is 0. The standard InChI is InChI=1S/C19H15Cl2NO3/c1-2-25-19(24)18-14(11-23)13-5-3-4-6-17(13)22(18)10-12-7-8-15(20)16(21)9-12/h3-9,11H,2,10H2,1H3. The Bertz CT molecular complexity index is 963. The molecule has 0 aliphatic heterocycles. The monoisotopic (exact) mass is 375 g/mol. The summed E-state index contributed by atoms with van der Waals surface area (Å²) in [6, 6.07) is 12.6. The van der Waals surface area contributed by atoms with Gasteiger partial charge in [-0.05, 0) is 30.7 Å². The van der Waals surface area contributed by atoms with Crippen molar-refractivity contribution in [1.82, 2.24) is 4.57 Å². The summed E-state index contributed by atoms with van der Waals surface area (Å²) in [6.45, 7) is 2.31. The lowest BCUT2D eigenvalue weighted by Gasteiger charge is -2.11. The molecule has 0 unspecified atom stereocenters. The third-order valence-corrected chi connectivity index (χ3v) is 4.66. The van der Waals surface area contributed by atoms with Crippen LogP contribution < -0.4 is 0 Å². The number of hydrogen-bond donors (Lipinski definition) is 0. The van der Waals surface area contributed by atoms with E-state index in [1.807, 2.05) is 30.3 Å². The summed E-state index contributed by atoms with van der Waals surface area (Å²) in [5.41, 5.74) is 2.20. The molecular weight excluding hydrogens is 361 g/mol. The summed E-state index contributed by atoms with van der Waals surface area (Å²) in [5, 5.41) is 1.60. The highest BCUT2D eigenvalue weighted by molar-refractivity contribution is 6.42. The zero-order valence-corrected chi connectivity index (χ0v) is 15.0. The van der Waals surface area contributed by atoms with Gasteiger partial charge in [-0.15, -0.1) is 0 Å². The van der Waals surface area contributed by atoms with Crippen molar-refractivity contribution in [3.63, 3.8) is 0 Å². The van der Waals surface area contributed by atoms with Crippen LogP contribution in [0, 0.1) is 0 Å². The predicted molar refractivity (Wildman–Crippen MR) is 98.8 cm³/mol. The third-order valence-electron chi connectivity index (χ3n) is 3.92. The Morgan fingerprint density at radius 1 is 1.16 bits per heavy atom. The Kier molecular flexibility index (Phi) is 5.11. The Labute approximate surface area is 154 Å². The molecule has 128 valence electrons. The van der Waals surface area contributed by atoms with Crippen molar-refractivity contribution >= 4 is 46.4 Å². The number of esters is 1. The van der Waals surface area contributed by atoms with Crippen LogP contribution in [0.15, 0.2) is 42.5 Å². The molecule has 0 N–H and O–H groups in total. The molecule has 4 nitrogen and oxygen atoms in total.